The van der Waals surface area contributed by atoms with Gasteiger partial charge in [-0.3, -0.25) is 0 Å². The summed E-state index contributed by atoms with van der Waals surface area (Å²) >= 11 is 0. The Hall–Kier alpha value is -1.81. The molecule has 2 rings (SSSR count). The van der Waals surface area contributed by atoms with Crippen LogP contribution >= 0.6 is 0 Å². The molecule has 0 unspecified atom stereocenters. The van der Waals surface area contributed by atoms with E-state index in [0.717, 1.165) is 29.5 Å². The van der Waals surface area contributed by atoms with Crippen molar-refractivity contribution >= 4 is 0 Å². The van der Waals surface area contributed by atoms with Crippen LogP contribution in [0.4, 0.5) is 0 Å². The first-order valence-electron chi connectivity index (χ1n) is 6.24. The molecule has 0 saturated heterocycles. The van der Waals surface area contributed by atoms with E-state index in [-0.39, 0.29) is 0 Å². The lowest BCUT2D eigenvalue weighted by molar-refractivity contribution is 0.827. The molecule has 0 radical (unpaired) electrons. The standard InChI is InChI=1S/C14H18N4/c1-3-11-4-6-12(7-5-11)14-17-10(2)16-13(18-14)8-9-15/h4-7H,3,8-9,15H2,1-2H3. The van der Waals surface area contributed by atoms with Crippen molar-refractivity contribution in [1.29, 1.82) is 0 Å². The van der Waals surface area contributed by atoms with Gasteiger partial charge in [-0.25, -0.2) is 15.0 Å². The maximum Gasteiger partial charge on any atom is 0.163 e. The molecule has 0 amide bonds. The molecule has 0 aliphatic carbocycles. The smallest absolute Gasteiger partial charge is 0.163 e. The Balaban J connectivity index is 2.36. The van der Waals surface area contributed by atoms with Crippen LogP contribution < -0.4 is 5.73 Å². The quantitative estimate of drug-likeness (QED) is 0.889. The molecule has 94 valence electrons. The van der Waals surface area contributed by atoms with Gasteiger partial charge in [0, 0.05) is 12.0 Å². The molecular formula is C14H18N4. The fourth-order valence-corrected chi connectivity index (χ4v) is 1.80. The van der Waals surface area contributed by atoms with E-state index in [1.54, 1.807) is 0 Å². The van der Waals surface area contributed by atoms with Crippen LogP contribution in [0.2, 0.25) is 0 Å². The van der Waals surface area contributed by atoms with Gasteiger partial charge in [-0.05, 0) is 25.5 Å². The van der Waals surface area contributed by atoms with Gasteiger partial charge in [0.05, 0.1) is 0 Å². The van der Waals surface area contributed by atoms with Crippen LogP contribution in [0, 0.1) is 6.92 Å². The first-order valence-corrected chi connectivity index (χ1v) is 6.24. The van der Waals surface area contributed by atoms with Crippen molar-refractivity contribution in [3.63, 3.8) is 0 Å². The monoisotopic (exact) mass is 242 g/mol. The Kier molecular flexibility index (Phi) is 3.99. The molecule has 0 aliphatic rings. The topological polar surface area (TPSA) is 64.7 Å². The van der Waals surface area contributed by atoms with Crippen molar-refractivity contribution in [3.8, 4) is 11.4 Å². The lowest BCUT2D eigenvalue weighted by Gasteiger charge is -2.05. The van der Waals surface area contributed by atoms with Gasteiger partial charge in [-0.2, -0.15) is 0 Å². The third-order valence-electron chi connectivity index (χ3n) is 2.78. The van der Waals surface area contributed by atoms with E-state index in [9.17, 15) is 0 Å². The van der Waals surface area contributed by atoms with Crippen LogP contribution in [-0.4, -0.2) is 21.5 Å². The Morgan fingerprint density at radius 1 is 1.06 bits per heavy atom. The number of benzene rings is 1. The minimum Gasteiger partial charge on any atom is -0.330 e. The molecule has 18 heavy (non-hydrogen) atoms. The Morgan fingerprint density at radius 2 is 1.78 bits per heavy atom. The summed E-state index contributed by atoms with van der Waals surface area (Å²) < 4.78 is 0. The highest BCUT2D eigenvalue weighted by atomic mass is 15.0. The minimum absolute atomic E-state index is 0.553. The van der Waals surface area contributed by atoms with Gasteiger partial charge in [0.1, 0.15) is 11.6 Å². The first-order chi connectivity index (χ1) is 8.72. The summed E-state index contributed by atoms with van der Waals surface area (Å²) in [5.74, 6) is 2.23. The minimum atomic E-state index is 0.553. The molecule has 0 saturated carbocycles. The molecule has 0 bridgehead atoms. The van der Waals surface area contributed by atoms with E-state index in [0.29, 0.717) is 13.0 Å². The lowest BCUT2D eigenvalue weighted by Crippen LogP contribution is -2.09. The summed E-state index contributed by atoms with van der Waals surface area (Å²) in [5.41, 5.74) is 7.87. The van der Waals surface area contributed by atoms with Gasteiger partial charge in [0.2, 0.25) is 0 Å². The van der Waals surface area contributed by atoms with Gasteiger partial charge in [-0.1, -0.05) is 31.2 Å². The summed E-state index contributed by atoms with van der Waals surface area (Å²) in [5, 5.41) is 0. The average Bonchev–Trinajstić information content (AvgIpc) is 2.38. The first kappa shape index (κ1) is 12.6. The van der Waals surface area contributed by atoms with Crippen LogP contribution in [0.25, 0.3) is 11.4 Å². The molecule has 1 heterocycles. The van der Waals surface area contributed by atoms with Crippen LogP contribution in [0.5, 0.6) is 0 Å². The van der Waals surface area contributed by atoms with E-state index < -0.39 is 0 Å². The van der Waals surface area contributed by atoms with Gasteiger partial charge >= 0.3 is 0 Å². The van der Waals surface area contributed by atoms with Gasteiger partial charge < -0.3 is 5.73 Å². The SMILES string of the molecule is CCc1ccc(-c2nc(C)nc(CCN)n2)cc1. The molecule has 0 spiro atoms. The highest BCUT2D eigenvalue weighted by Crippen LogP contribution is 2.16. The number of nitrogens with two attached hydrogens (primary N) is 1. The largest absolute Gasteiger partial charge is 0.330 e. The predicted octanol–water partition coefficient (Wildman–Crippen LogP) is 1.91. The van der Waals surface area contributed by atoms with Crippen LogP contribution in [-0.2, 0) is 12.8 Å². The van der Waals surface area contributed by atoms with Crippen molar-refractivity contribution in [2.75, 3.05) is 6.54 Å². The third kappa shape index (κ3) is 2.90. The molecule has 0 fully saturated rings. The second-order valence-corrected chi connectivity index (χ2v) is 4.21. The number of hydrogen-bond acceptors (Lipinski definition) is 4. The van der Waals surface area contributed by atoms with Crippen LogP contribution in [0.1, 0.15) is 24.1 Å². The summed E-state index contributed by atoms with van der Waals surface area (Å²) in [7, 11) is 0. The Labute approximate surface area is 107 Å². The third-order valence-corrected chi connectivity index (χ3v) is 2.78. The number of nitrogens with zero attached hydrogens (tertiary/aromatic N) is 3. The molecule has 2 N–H and O–H groups in total. The number of aromatic nitrogens is 3. The molecule has 1 aromatic carbocycles. The summed E-state index contributed by atoms with van der Waals surface area (Å²) in [4.78, 5) is 13.1. The number of hydrogen-bond donors (Lipinski definition) is 1. The average molecular weight is 242 g/mol. The van der Waals surface area contributed by atoms with E-state index in [1.807, 2.05) is 6.92 Å². The van der Waals surface area contributed by atoms with Crippen molar-refractivity contribution in [2.45, 2.75) is 26.7 Å². The van der Waals surface area contributed by atoms with E-state index >= 15 is 0 Å². The van der Waals surface area contributed by atoms with E-state index in [2.05, 4.69) is 46.1 Å². The van der Waals surface area contributed by atoms with Crippen LogP contribution in [0.3, 0.4) is 0 Å². The molecular weight excluding hydrogens is 224 g/mol. The number of aryl methyl sites for hydroxylation is 2. The molecule has 1 aromatic heterocycles. The van der Waals surface area contributed by atoms with E-state index in [4.69, 9.17) is 5.73 Å². The second-order valence-electron chi connectivity index (χ2n) is 4.21. The van der Waals surface area contributed by atoms with Gasteiger partial charge in [-0.15, -0.1) is 0 Å². The highest BCUT2D eigenvalue weighted by Gasteiger charge is 2.05. The zero-order valence-corrected chi connectivity index (χ0v) is 10.8. The summed E-state index contributed by atoms with van der Waals surface area (Å²) in [6.45, 7) is 4.57. The maximum absolute atomic E-state index is 5.54. The lowest BCUT2D eigenvalue weighted by atomic mass is 10.1. The van der Waals surface area contributed by atoms with Crippen molar-refractivity contribution in [3.05, 3.63) is 41.5 Å². The normalized spacial score (nSPS) is 10.6. The molecule has 4 nitrogen and oxygen atoms in total. The molecule has 2 aromatic rings. The summed E-state index contributed by atoms with van der Waals surface area (Å²) in [6, 6.07) is 8.33. The van der Waals surface area contributed by atoms with Gasteiger partial charge in [0.15, 0.2) is 5.82 Å². The van der Waals surface area contributed by atoms with Gasteiger partial charge in [0.25, 0.3) is 0 Å². The molecule has 0 aliphatic heterocycles. The van der Waals surface area contributed by atoms with Crippen molar-refractivity contribution < 1.29 is 0 Å². The zero-order chi connectivity index (χ0) is 13.0. The highest BCUT2D eigenvalue weighted by molar-refractivity contribution is 5.55. The fraction of sp³-hybridized carbons (Fsp3) is 0.357. The Bertz CT molecular complexity index is 520. The van der Waals surface area contributed by atoms with Crippen LogP contribution in [0.15, 0.2) is 24.3 Å². The molecule has 0 atom stereocenters. The fourth-order valence-electron chi connectivity index (χ4n) is 1.80. The van der Waals surface area contributed by atoms with E-state index in [1.165, 1.54) is 5.56 Å². The number of rotatable bonds is 4. The zero-order valence-electron chi connectivity index (χ0n) is 10.8. The second kappa shape index (κ2) is 5.69. The molecule has 4 heteroatoms. The maximum atomic E-state index is 5.54. The van der Waals surface area contributed by atoms with Crippen molar-refractivity contribution in [1.82, 2.24) is 15.0 Å². The Morgan fingerprint density at radius 3 is 2.39 bits per heavy atom. The predicted molar refractivity (Wildman–Crippen MR) is 72.1 cm³/mol. The summed E-state index contributed by atoms with van der Waals surface area (Å²) in [6.07, 6.45) is 1.72. The van der Waals surface area contributed by atoms with Crippen molar-refractivity contribution in [2.24, 2.45) is 5.73 Å².